The number of aryl methyl sites for hydroxylation is 1. The first-order valence-corrected chi connectivity index (χ1v) is 17.7. The van der Waals surface area contributed by atoms with Crippen LogP contribution in [0.5, 0.6) is 0 Å². The van der Waals surface area contributed by atoms with Crippen molar-refractivity contribution in [2.45, 2.75) is 65.3 Å². The van der Waals surface area contributed by atoms with Crippen LogP contribution in [-0.4, -0.2) is 97.2 Å². The minimum absolute atomic E-state index is 0.0540. The highest BCUT2D eigenvalue weighted by Crippen LogP contribution is 2.42. The minimum atomic E-state index is -3.20. The average molecular weight is 634 g/mol. The number of carbonyl (C=O) groups excluding carboxylic acids is 2. The number of nitrogens with two attached hydrogens (primary N) is 1. The number of methoxy groups -OCH3 is 1. The molecule has 3 saturated heterocycles. The van der Waals surface area contributed by atoms with Crippen molar-refractivity contribution in [2.75, 3.05) is 52.6 Å². The average Bonchev–Trinajstić information content (AvgIpc) is 3.60. The van der Waals surface area contributed by atoms with Crippen molar-refractivity contribution < 1.29 is 22.7 Å². The highest BCUT2D eigenvalue weighted by Gasteiger charge is 2.44. The zero-order valence-electron chi connectivity index (χ0n) is 26.9. The van der Waals surface area contributed by atoms with E-state index in [9.17, 15) is 18.0 Å². The van der Waals surface area contributed by atoms with Crippen molar-refractivity contribution in [3.8, 4) is 0 Å². The number of likely N-dealkylation sites (tertiary alicyclic amines) is 2. The quantitative estimate of drug-likeness (QED) is 0.352. The maximum absolute atomic E-state index is 14.0. The molecule has 1 aromatic heterocycles. The number of nitrogens with zero attached hydrogens (tertiary/aromatic N) is 4. The number of aromatic nitrogens is 2. The van der Waals surface area contributed by atoms with Crippen LogP contribution >= 0.6 is 0 Å². The van der Waals surface area contributed by atoms with E-state index in [0.29, 0.717) is 63.2 Å². The summed E-state index contributed by atoms with van der Waals surface area (Å²) in [6.07, 6.45) is 11.3. The van der Waals surface area contributed by atoms with E-state index in [1.165, 1.54) is 13.4 Å². The number of urea groups is 1. The molecule has 0 aromatic carbocycles. The number of ether oxygens (including phenoxy) is 1. The molecule has 246 valence electrons. The molecule has 4 heterocycles. The Labute approximate surface area is 262 Å². The second-order valence-corrected chi connectivity index (χ2v) is 14.7. The molecule has 1 aromatic rings. The second kappa shape index (κ2) is 14.9. The molecule has 13 heteroatoms. The van der Waals surface area contributed by atoms with Crippen molar-refractivity contribution in [1.29, 1.82) is 0 Å². The van der Waals surface area contributed by atoms with Crippen molar-refractivity contribution >= 4 is 22.1 Å². The van der Waals surface area contributed by atoms with Gasteiger partial charge in [-0.25, -0.2) is 27.3 Å². The standard InChI is InChI=1S/C31H51N7O5S/c1-6-7-26(34-30(39)43-4)16-21(2)17-27-22(3)33-29(35-27)28-18-25(24-10-14-37(15-11-24)44(5,41)42)20-38(28)31(40)36-12-8-23(19-32)9-13-36/h6-7,16,21,23-25,28H,8-15,17-20,32H2,1-5H3,(H,33,35)(H,34,39)/b7-6-,26-16+/t21?,25-,28?/m0/s1. The molecule has 0 bridgehead atoms. The van der Waals surface area contributed by atoms with Crippen molar-refractivity contribution in [3.63, 3.8) is 0 Å². The van der Waals surface area contributed by atoms with E-state index in [1.54, 1.807) is 4.31 Å². The summed E-state index contributed by atoms with van der Waals surface area (Å²) in [4.78, 5) is 38.3. The molecule has 44 heavy (non-hydrogen) atoms. The first-order chi connectivity index (χ1) is 20.9. The Bertz CT molecular complexity index is 1310. The molecule has 3 amide bonds. The number of imidazole rings is 1. The smallest absolute Gasteiger partial charge is 0.411 e. The zero-order valence-corrected chi connectivity index (χ0v) is 27.7. The van der Waals surface area contributed by atoms with Gasteiger partial charge in [0.25, 0.3) is 0 Å². The number of alkyl carbamates (subject to hydrolysis) is 1. The van der Waals surface area contributed by atoms with Crippen molar-refractivity contribution in [1.82, 2.24) is 29.4 Å². The van der Waals surface area contributed by atoms with Crippen molar-refractivity contribution in [3.05, 3.63) is 41.1 Å². The number of hydrogen-bond acceptors (Lipinski definition) is 7. The number of hydrogen-bond donors (Lipinski definition) is 3. The highest BCUT2D eigenvalue weighted by atomic mass is 32.2. The summed E-state index contributed by atoms with van der Waals surface area (Å²) in [7, 11) is -1.86. The van der Waals surface area contributed by atoms with Gasteiger partial charge in [-0.3, -0.25) is 5.32 Å². The Balaban J connectivity index is 1.53. The van der Waals surface area contributed by atoms with E-state index in [-0.39, 0.29) is 23.9 Å². The third-order valence-electron chi connectivity index (χ3n) is 9.51. The summed E-state index contributed by atoms with van der Waals surface area (Å²) in [6, 6.07) is -0.121. The van der Waals surface area contributed by atoms with Crippen LogP contribution in [0, 0.1) is 30.6 Å². The lowest BCUT2D eigenvalue weighted by atomic mass is 9.83. The first-order valence-electron chi connectivity index (χ1n) is 15.9. The molecule has 3 aliphatic heterocycles. The molecule has 12 nitrogen and oxygen atoms in total. The van der Waals surface area contributed by atoms with Gasteiger partial charge in [0.1, 0.15) is 5.82 Å². The van der Waals surface area contributed by atoms with E-state index < -0.39 is 16.1 Å². The van der Waals surface area contributed by atoms with Crippen LogP contribution in [0.1, 0.15) is 69.2 Å². The number of aromatic amines is 1. The number of H-pyrrole nitrogens is 1. The predicted molar refractivity (Wildman–Crippen MR) is 170 cm³/mol. The van der Waals surface area contributed by atoms with Gasteiger partial charge in [0.05, 0.1) is 25.1 Å². The minimum Gasteiger partial charge on any atom is -0.453 e. The molecule has 0 radical (unpaired) electrons. The van der Waals surface area contributed by atoms with E-state index in [0.717, 1.165) is 49.3 Å². The monoisotopic (exact) mass is 633 g/mol. The molecule has 3 atom stereocenters. The van der Waals surface area contributed by atoms with Gasteiger partial charge in [-0.1, -0.05) is 19.1 Å². The summed E-state index contributed by atoms with van der Waals surface area (Å²) >= 11 is 0. The van der Waals surface area contributed by atoms with Crippen LogP contribution in [0.15, 0.2) is 23.9 Å². The molecular weight excluding hydrogens is 582 g/mol. The maximum Gasteiger partial charge on any atom is 0.411 e. The number of rotatable bonds is 9. The van der Waals surface area contributed by atoms with Gasteiger partial charge < -0.3 is 25.3 Å². The van der Waals surface area contributed by atoms with Crippen LogP contribution in [0.2, 0.25) is 0 Å². The van der Waals surface area contributed by atoms with Crippen LogP contribution < -0.4 is 11.1 Å². The number of carbonyl (C=O) groups is 2. The van der Waals surface area contributed by atoms with Gasteiger partial charge in [-0.05, 0) is 88.7 Å². The number of sulfonamides is 1. The third kappa shape index (κ3) is 8.42. The fourth-order valence-corrected chi connectivity index (χ4v) is 7.81. The van der Waals surface area contributed by atoms with E-state index >= 15 is 0 Å². The van der Waals surface area contributed by atoms with Gasteiger partial charge >= 0.3 is 12.1 Å². The number of allylic oxidation sites excluding steroid dienone is 3. The first kappa shape index (κ1) is 34.0. The van der Waals surface area contributed by atoms with Crippen molar-refractivity contribution in [2.24, 2.45) is 29.4 Å². The fraction of sp³-hybridized carbons (Fsp3) is 0.710. The van der Waals surface area contributed by atoms with Gasteiger partial charge in [0.15, 0.2) is 0 Å². The Hall–Kier alpha value is -2.90. The van der Waals surface area contributed by atoms with Crippen LogP contribution in [0.3, 0.4) is 0 Å². The lowest BCUT2D eigenvalue weighted by Crippen LogP contribution is -2.47. The van der Waals surface area contributed by atoms with Gasteiger partial charge in [-0.2, -0.15) is 0 Å². The summed E-state index contributed by atoms with van der Waals surface area (Å²) in [6.45, 7) is 9.75. The fourth-order valence-electron chi connectivity index (χ4n) is 6.94. The number of nitrogens with one attached hydrogen (secondary N) is 2. The van der Waals surface area contributed by atoms with Gasteiger partial charge in [0, 0.05) is 44.1 Å². The second-order valence-electron chi connectivity index (χ2n) is 12.7. The molecule has 2 unspecified atom stereocenters. The van der Waals surface area contributed by atoms with Crippen LogP contribution in [0.4, 0.5) is 9.59 Å². The third-order valence-corrected chi connectivity index (χ3v) is 10.8. The van der Waals surface area contributed by atoms with Gasteiger partial charge in [0.2, 0.25) is 10.0 Å². The molecule has 0 spiro atoms. The SMILES string of the molecule is C/C=C\C(=C/C(C)Cc1nc(C2C[C@H](C3CCN(S(C)(=O)=O)CC3)CN2C(=O)N2CCC(CN)CC2)[nH]c1C)NC(=O)OC. The molecule has 0 saturated carbocycles. The van der Waals surface area contributed by atoms with E-state index in [1.807, 2.05) is 41.9 Å². The lowest BCUT2D eigenvalue weighted by Gasteiger charge is -2.36. The lowest BCUT2D eigenvalue weighted by molar-refractivity contribution is 0.125. The predicted octanol–water partition coefficient (Wildman–Crippen LogP) is 3.54. The molecular formula is C31H51N7O5S. The van der Waals surface area contributed by atoms with E-state index in [2.05, 4.69) is 17.2 Å². The topological polar surface area (TPSA) is 154 Å². The van der Waals surface area contributed by atoms with Crippen LogP contribution in [-0.2, 0) is 21.2 Å². The Morgan fingerprint density at radius 1 is 1.16 bits per heavy atom. The summed E-state index contributed by atoms with van der Waals surface area (Å²) < 4.78 is 30.5. The van der Waals surface area contributed by atoms with Crippen LogP contribution in [0.25, 0.3) is 0 Å². The highest BCUT2D eigenvalue weighted by molar-refractivity contribution is 7.88. The summed E-state index contributed by atoms with van der Waals surface area (Å²) in [5.41, 5.74) is 8.47. The molecule has 4 rings (SSSR count). The normalized spacial score (nSPS) is 23.8. The molecule has 4 N–H and O–H groups in total. The summed E-state index contributed by atoms with van der Waals surface area (Å²) in [5, 5.41) is 2.74. The van der Waals surface area contributed by atoms with Gasteiger partial charge in [-0.15, -0.1) is 0 Å². The molecule has 3 aliphatic rings. The van der Waals surface area contributed by atoms with E-state index in [4.69, 9.17) is 15.5 Å². The zero-order chi connectivity index (χ0) is 32.0. The maximum atomic E-state index is 14.0. The Morgan fingerprint density at radius 3 is 2.43 bits per heavy atom. The molecule has 3 fully saturated rings. The molecule has 0 aliphatic carbocycles. The number of piperidine rings is 2. The Morgan fingerprint density at radius 2 is 1.84 bits per heavy atom. The largest absolute Gasteiger partial charge is 0.453 e. The Kier molecular flexibility index (Phi) is 11.5. The number of amides is 3. The summed E-state index contributed by atoms with van der Waals surface area (Å²) in [5.74, 6) is 1.96.